The van der Waals surface area contributed by atoms with E-state index in [1.165, 1.54) is 11.6 Å². The van der Waals surface area contributed by atoms with Gasteiger partial charge in [-0.3, -0.25) is 9.69 Å². The first-order valence-electron chi connectivity index (χ1n) is 9.19. The largest absolute Gasteiger partial charge is 0.386 e. The highest BCUT2D eigenvalue weighted by molar-refractivity contribution is 6.07. The van der Waals surface area contributed by atoms with Gasteiger partial charge in [0.15, 0.2) is 0 Å². The van der Waals surface area contributed by atoms with Gasteiger partial charge in [0.2, 0.25) is 0 Å². The summed E-state index contributed by atoms with van der Waals surface area (Å²) in [5.74, 6) is -2.42. The molecule has 0 radical (unpaired) electrons. The van der Waals surface area contributed by atoms with E-state index < -0.39 is 47.3 Å². The lowest BCUT2D eigenvalue weighted by atomic mass is 9.89. The zero-order valence-corrected chi connectivity index (χ0v) is 15.3. The fraction of sp³-hybridized carbons (Fsp3) is 0.333. The van der Waals surface area contributed by atoms with Crippen LogP contribution in [0.5, 0.6) is 0 Å². The van der Waals surface area contributed by atoms with Gasteiger partial charge in [0.25, 0.3) is 5.91 Å². The number of aliphatic hydroxyl groups is 1. The van der Waals surface area contributed by atoms with E-state index >= 15 is 0 Å². The average Bonchev–Trinajstić information content (AvgIpc) is 3.20. The maximum Gasteiger partial charge on any atom is 0.325 e. The molecule has 2 unspecified atom stereocenters. The van der Waals surface area contributed by atoms with Gasteiger partial charge in [0, 0.05) is 0 Å². The Hall–Kier alpha value is -2.80. The monoisotopic (exact) mass is 386 g/mol. The van der Waals surface area contributed by atoms with Crippen LogP contribution >= 0.6 is 0 Å². The van der Waals surface area contributed by atoms with Crippen LogP contribution in [0.3, 0.4) is 0 Å². The molecule has 4 rings (SSSR count). The van der Waals surface area contributed by atoms with Crippen LogP contribution in [0.4, 0.5) is 13.6 Å². The first kappa shape index (κ1) is 18.6. The topological polar surface area (TPSA) is 69.6 Å². The molecule has 1 aliphatic carbocycles. The molecule has 146 valence electrons. The highest BCUT2D eigenvalue weighted by Crippen LogP contribution is 2.33. The highest BCUT2D eigenvalue weighted by Gasteiger charge is 2.49. The summed E-state index contributed by atoms with van der Waals surface area (Å²) in [6, 6.07) is 8.22. The van der Waals surface area contributed by atoms with Gasteiger partial charge in [0.05, 0.1) is 12.1 Å². The Balaban J connectivity index is 1.60. The lowest BCUT2D eigenvalue weighted by molar-refractivity contribution is -0.132. The molecule has 3 amide bonds. The summed E-state index contributed by atoms with van der Waals surface area (Å²) >= 11 is 0. The second kappa shape index (κ2) is 6.67. The number of benzene rings is 2. The van der Waals surface area contributed by atoms with Crippen LogP contribution in [-0.2, 0) is 23.2 Å². The molecule has 1 saturated heterocycles. The molecule has 2 N–H and O–H groups in total. The van der Waals surface area contributed by atoms with Crippen molar-refractivity contribution in [3.63, 3.8) is 0 Å². The van der Waals surface area contributed by atoms with Gasteiger partial charge in [-0.05, 0) is 55.0 Å². The number of β-amino-alcohol motifs (C(OH)–C–C–N with tert-alkyl or cyclic N) is 1. The van der Waals surface area contributed by atoms with Crippen molar-refractivity contribution >= 4 is 11.9 Å². The number of aliphatic hydroxyl groups excluding tert-OH is 1. The van der Waals surface area contributed by atoms with Crippen molar-refractivity contribution in [1.82, 2.24) is 10.2 Å². The number of carbonyl (C=O) groups is 2. The molecule has 28 heavy (non-hydrogen) atoms. The number of halogens is 2. The molecule has 2 aromatic carbocycles. The lowest BCUT2D eigenvalue weighted by Gasteiger charge is -2.24. The number of hydrogen-bond acceptors (Lipinski definition) is 3. The number of nitrogens with one attached hydrogen (secondary N) is 1. The van der Waals surface area contributed by atoms with Crippen LogP contribution in [-0.4, -0.2) is 28.5 Å². The molecule has 1 fully saturated rings. The number of nitrogens with zero attached hydrogens (tertiary/aromatic N) is 1. The molecule has 0 bridgehead atoms. The van der Waals surface area contributed by atoms with Crippen LogP contribution in [0.15, 0.2) is 36.4 Å². The Morgan fingerprint density at radius 3 is 2.54 bits per heavy atom. The quantitative estimate of drug-likeness (QED) is 0.794. The van der Waals surface area contributed by atoms with Gasteiger partial charge in [-0.2, -0.15) is 0 Å². The maximum absolute atomic E-state index is 13.9. The summed E-state index contributed by atoms with van der Waals surface area (Å²) in [6.07, 6.45) is 1.32. The second-order valence-electron chi connectivity index (χ2n) is 7.46. The Kier molecular flexibility index (Phi) is 4.42. The Labute approximate surface area is 161 Å². The number of rotatable bonds is 4. The van der Waals surface area contributed by atoms with E-state index in [1.807, 2.05) is 18.2 Å². The fourth-order valence-corrected chi connectivity index (χ4v) is 4.03. The molecule has 0 saturated carbocycles. The third-order valence-corrected chi connectivity index (χ3v) is 5.64. The van der Waals surface area contributed by atoms with Crippen LogP contribution in [0.25, 0.3) is 0 Å². The minimum atomic E-state index is -1.67. The van der Waals surface area contributed by atoms with E-state index in [4.69, 9.17) is 0 Å². The Morgan fingerprint density at radius 2 is 1.82 bits per heavy atom. The number of hydrogen-bond donors (Lipinski definition) is 2. The number of imide groups is 1. The van der Waals surface area contributed by atoms with Crippen molar-refractivity contribution in [2.45, 2.75) is 37.8 Å². The standard InChI is InChI=1S/C21H20F2N2O3/c1-21(14-9-8-12-4-2-5-13(12)10-14)19(27)25(20(28)24-21)11-17(26)18-15(22)6-3-7-16(18)23/h3,6-10,17,26H,2,4-5,11H2,1H3,(H,24,28). The molecule has 0 aromatic heterocycles. The van der Waals surface area contributed by atoms with Gasteiger partial charge >= 0.3 is 6.03 Å². The van der Waals surface area contributed by atoms with Gasteiger partial charge in [-0.1, -0.05) is 24.3 Å². The number of carbonyl (C=O) groups excluding carboxylic acids is 2. The van der Waals surface area contributed by atoms with Crippen molar-refractivity contribution in [3.8, 4) is 0 Å². The maximum atomic E-state index is 13.9. The SMILES string of the molecule is CC1(c2ccc3c(c2)CCC3)NC(=O)N(CC(O)c2c(F)cccc2F)C1=O. The summed E-state index contributed by atoms with van der Waals surface area (Å²) in [5, 5.41) is 13.0. The van der Waals surface area contributed by atoms with Gasteiger partial charge in [-0.15, -0.1) is 0 Å². The summed E-state index contributed by atoms with van der Waals surface area (Å²) in [4.78, 5) is 26.3. The molecule has 2 aliphatic rings. The molecule has 0 spiro atoms. The van der Waals surface area contributed by atoms with E-state index in [9.17, 15) is 23.5 Å². The van der Waals surface area contributed by atoms with Crippen molar-refractivity contribution in [1.29, 1.82) is 0 Å². The molecule has 5 nitrogen and oxygen atoms in total. The lowest BCUT2D eigenvalue weighted by Crippen LogP contribution is -2.41. The van der Waals surface area contributed by atoms with Crippen molar-refractivity contribution in [2.75, 3.05) is 6.54 Å². The summed E-state index contributed by atoms with van der Waals surface area (Å²) in [6.45, 7) is 1.06. The van der Waals surface area contributed by atoms with Crippen molar-refractivity contribution in [3.05, 3.63) is 70.3 Å². The number of aryl methyl sites for hydroxylation is 2. The second-order valence-corrected chi connectivity index (χ2v) is 7.46. The molecule has 2 aromatic rings. The predicted molar refractivity (Wildman–Crippen MR) is 97.4 cm³/mol. The average molecular weight is 386 g/mol. The van der Waals surface area contributed by atoms with Gasteiger partial charge in [-0.25, -0.2) is 13.6 Å². The highest BCUT2D eigenvalue weighted by atomic mass is 19.1. The Morgan fingerprint density at radius 1 is 1.14 bits per heavy atom. The summed E-state index contributed by atoms with van der Waals surface area (Å²) in [7, 11) is 0. The van der Waals surface area contributed by atoms with Crippen LogP contribution in [0.2, 0.25) is 0 Å². The van der Waals surface area contributed by atoms with Crippen LogP contribution in [0.1, 0.15) is 41.7 Å². The van der Waals surface area contributed by atoms with Gasteiger partial charge < -0.3 is 10.4 Å². The van der Waals surface area contributed by atoms with Gasteiger partial charge in [0.1, 0.15) is 23.3 Å². The van der Waals surface area contributed by atoms with E-state index in [0.717, 1.165) is 41.9 Å². The van der Waals surface area contributed by atoms with E-state index in [1.54, 1.807) is 6.92 Å². The van der Waals surface area contributed by atoms with Crippen molar-refractivity contribution in [2.24, 2.45) is 0 Å². The van der Waals surface area contributed by atoms with E-state index in [-0.39, 0.29) is 0 Å². The molecule has 7 heteroatoms. The number of urea groups is 1. The van der Waals surface area contributed by atoms with Crippen molar-refractivity contribution < 1.29 is 23.5 Å². The molecular formula is C21H20F2N2O3. The zero-order valence-electron chi connectivity index (χ0n) is 15.3. The minimum absolute atomic E-state index is 0.539. The van der Waals surface area contributed by atoms with E-state index in [0.29, 0.717) is 5.56 Å². The van der Waals surface area contributed by atoms with E-state index in [2.05, 4.69) is 5.32 Å². The molecule has 1 heterocycles. The smallest absolute Gasteiger partial charge is 0.325 e. The first-order chi connectivity index (χ1) is 13.3. The van der Waals surface area contributed by atoms with Crippen LogP contribution < -0.4 is 5.32 Å². The predicted octanol–water partition coefficient (Wildman–Crippen LogP) is 2.95. The zero-order chi connectivity index (χ0) is 20.1. The Bertz CT molecular complexity index is 958. The van der Waals surface area contributed by atoms with Crippen LogP contribution in [0, 0.1) is 11.6 Å². The minimum Gasteiger partial charge on any atom is -0.386 e. The first-order valence-corrected chi connectivity index (χ1v) is 9.19. The number of amides is 3. The third kappa shape index (κ3) is 2.86. The number of fused-ring (bicyclic) bond motifs is 1. The molecule has 2 atom stereocenters. The summed E-state index contributed by atoms with van der Waals surface area (Å²) < 4.78 is 27.8. The normalized spacial score (nSPS) is 22.4. The molecular weight excluding hydrogens is 366 g/mol. The molecule has 1 aliphatic heterocycles. The summed E-state index contributed by atoms with van der Waals surface area (Å²) in [5.41, 5.74) is 1.20. The fourth-order valence-electron chi connectivity index (χ4n) is 4.03. The third-order valence-electron chi connectivity index (χ3n) is 5.64.